The van der Waals surface area contributed by atoms with Crippen LogP contribution < -0.4 is 0 Å². The highest BCUT2D eigenvalue weighted by Crippen LogP contribution is 2.16. The molecule has 374 valence electrons. The molecule has 0 saturated carbocycles. The van der Waals surface area contributed by atoms with Crippen molar-refractivity contribution >= 4 is 17.9 Å². The SMILES string of the molecule is CCCCCCC/C=C\C/C=C\C/C=C\CCCCCCCCCCCCCCCCC(=O)OC(COC(=O)CCCCCCCCCCCC)COC(OCC[N+](C)(C)C)C(=O)O. The summed E-state index contributed by atoms with van der Waals surface area (Å²) in [7, 11) is 5.96. The Bertz CT molecular complexity index is 1150. The largest absolute Gasteiger partial charge is 0.477 e. The molecule has 0 aromatic heterocycles. The second-order valence-electron chi connectivity index (χ2n) is 19.2. The van der Waals surface area contributed by atoms with E-state index in [1.807, 2.05) is 21.1 Å². The molecule has 0 amide bonds. The van der Waals surface area contributed by atoms with Crippen molar-refractivity contribution in [3.8, 4) is 0 Å². The highest BCUT2D eigenvalue weighted by Gasteiger charge is 2.25. The zero-order valence-electron chi connectivity index (χ0n) is 42.4. The van der Waals surface area contributed by atoms with Crippen LogP contribution >= 0.6 is 0 Å². The topological polar surface area (TPSA) is 108 Å². The Morgan fingerprint density at radius 2 is 0.844 bits per heavy atom. The van der Waals surface area contributed by atoms with Crippen molar-refractivity contribution in [2.24, 2.45) is 0 Å². The first-order valence-corrected chi connectivity index (χ1v) is 26.7. The highest BCUT2D eigenvalue weighted by molar-refractivity contribution is 5.71. The van der Waals surface area contributed by atoms with Crippen molar-refractivity contribution < 1.29 is 42.9 Å². The highest BCUT2D eigenvalue weighted by atomic mass is 16.7. The van der Waals surface area contributed by atoms with E-state index in [0.717, 1.165) is 51.4 Å². The Morgan fingerprint density at radius 1 is 0.469 bits per heavy atom. The van der Waals surface area contributed by atoms with Crippen molar-refractivity contribution in [2.45, 2.75) is 251 Å². The van der Waals surface area contributed by atoms with E-state index in [1.165, 1.54) is 161 Å². The summed E-state index contributed by atoms with van der Waals surface area (Å²) in [6, 6.07) is 0. The fourth-order valence-electron chi connectivity index (χ4n) is 7.49. The normalized spacial score (nSPS) is 13.1. The molecule has 1 N–H and O–H groups in total. The number of rotatable bonds is 49. The molecule has 64 heavy (non-hydrogen) atoms. The summed E-state index contributed by atoms with van der Waals surface area (Å²) in [5, 5.41) is 9.65. The number of hydrogen-bond donors (Lipinski definition) is 1. The fourth-order valence-corrected chi connectivity index (χ4v) is 7.49. The van der Waals surface area contributed by atoms with Gasteiger partial charge < -0.3 is 28.5 Å². The number of allylic oxidation sites excluding steroid dienone is 6. The summed E-state index contributed by atoms with van der Waals surface area (Å²) in [4.78, 5) is 37.2. The molecule has 0 fully saturated rings. The van der Waals surface area contributed by atoms with Crippen molar-refractivity contribution in [1.82, 2.24) is 0 Å². The number of hydrogen-bond acceptors (Lipinski definition) is 7. The lowest BCUT2D eigenvalue weighted by atomic mass is 10.0. The van der Waals surface area contributed by atoms with Gasteiger partial charge in [-0.1, -0.05) is 211 Å². The van der Waals surface area contributed by atoms with E-state index in [1.54, 1.807) is 0 Å². The van der Waals surface area contributed by atoms with Gasteiger partial charge in [0.25, 0.3) is 6.29 Å². The van der Waals surface area contributed by atoms with Gasteiger partial charge in [0.2, 0.25) is 0 Å². The van der Waals surface area contributed by atoms with Crippen LogP contribution in [0.1, 0.15) is 239 Å². The van der Waals surface area contributed by atoms with Crippen molar-refractivity contribution in [3.05, 3.63) is 36.5 Å². The molecular weight excluding hydrogens is 803 g/mol. The quantitative estimate of drug-likeness (QED) is 0.0211. The first kappa shape index (κ1) is 61.5. The van der Waals surface area contributed by atoms with Gasteiger partial charge in [0.15, 0.2) is 6.10 Å². The summed E-state index contributed by atoms with van der Waals surface area (Å²) in [6.45, 7) is 4.86. The summed E-state index contributed by atoms with van der Waals surface area (Å²) < 4.78 is 22.8. The molecule has 2 atom stereocenters. The van der Waals surface area contributed by atoms with E-state index >= 15 is 0 Å². The van der Waals surface area contributed by atoms with E-state index < -0.39 is 24.3 Å². The molecule has 0 aliphatic rings. The number of aliphatic carboxylic acids is 1. The maximum atomic E-state index is 12.8. The standard InChI is InChI=1S/C55H101NO8/c1-6-8-10-12-14-16-18-19-20-21-22-23-24-25-26-27-28-29-30-31-32-33-34-35-36-38-40-42-44-46-53(58)64-51(50-63-55(54(59)60)61-48-47-56(3,4)5)49-62-52(57)45-43-41-39-37-17-15-13-11-9-7-2/h18-19,21-22,24-25,51,55H,6-17,20,23,26-50H2,1-5H3/p+1/b19-18-,22-21-,25-24-. The number of unbranched alkanes of at least 4 members (excludes halogenated alkanes) is 28. The van der Waals surface area contributed by atoms with Gasteiger partial charge in [-0.15, -0.1) is 0 Å². The lowest BCUT2D eigenvalue weighted by molar-refractivity contribution is -0.870. The first-order chi connectivity index (χ1) is 31.1. The van der Waals surface area contributed by atoms with Crippen molar-refractivity contribution in [3.63, 3.8) is 0 Å². The molecule has 0 saturated heterocycles. The predicted octanol–water partition coefficient (Wildman–Crippen LogP) is 15.0. The van der Waals surface area contributed by atoms with Crippen LogP contribution in [0.5, 0.6) is 0 Å². The molecule has 0 aliphatic carbocycles. The molecule has 9 heteroatoms. The van der Waals surface area contributed by atoms with Gasteiger partial charge in [-0.2, -0.15) is 0 Å². The zero-order chi connectivity index (χ0) is 47.0. The minimum Gasteiger partial charge on any atom is -0.477 e. The molecule has 0 aromatic carbocycles. The summed E-state index contributed by atoms with van der Waals surface area (Å²) in [5.41, 5.74) is 0. The summed E-state index contributed by atoms with van der Waals surface area (Å²) in [6.07, 6.45) is 52.3. The maximum absolute atomic E-state index is 12.8. The van der Waals surface area contributed by atoms with E-state index in [2.05, 4.69) is 50.3 Å². The van der Waals surface area contributed by atoms with Gasteiger partial charge in [0.1, 0.15) is 13.2 Å². The van der Waals surface area contributed by atoms with Gasteiger partial charge >= 0.3 is 17.9 Å². The van der Waals surface area contributed by atoms with Gasteiger partial charge in [-0.3, -0.25) is 9.59 Å². The molecule has 9 nitrogen and oxygen atoms in total. The predicted molar refractivity (Wildman–Crippen MR) is 267 cm³/mol. The van der Waals surface area contributed by atoms with Crippen LogP contribution in [0, 0.1) is 0 Å². The number of carboxylic acids is 1. The molecule has 2 unspecified atom stereocenters. The number of esters is 2. The second-order valence-corrected chi connectivity index (χ2v) is 19.2. The minimum atomic E-state index is -1.51. The Hall–Kier alpha value is -2.49. The van der Waals surface area contributed by atoms with Crippen LogP contribution in [0.3, 0.4) is 0 Å². The van der Waals surface area contributed by atoms with Crippen LogP contribution in [0.25, 0.3) is 0 Å². The molecule has 0 heterocycles. The van der Waals surface area contributed by atoms with Gasteiger partial charge in [-0.05, 0) is 51.4 Å². The van der Waals surface area contributed by atoms with Crippen LogP contribution in [0.15, 0.2) is 36.5 Å². The Labute approximate surface area is 394 Å². The lowest BCUT2D eigenvalue weighted by Crippen LogP contribution is -2.40. The van der Waals surface area contributed by atoms with E-state index in [9.17, 15) is 19.5 Å². The Morgan fingerprint density at radius 3 is 1.25 bits per heavy atom. The van der Waals surface area contributed by atoms with Crippen molar-refractivity contribution in [2.75, 3.05) is 47.5 Å². The average molecular weight is 905 g/mol. The Balaban J connectivity index is 4.13. The molecule has 0 radical (unpaired) electrons. The third-order valence-electron chi connectivity index (χ3n) is 11.6. The third kappa shape index (κ3) is 47.5. The van der Waals surface area contributed by atoms with Crippen LogP contribution in [0.2, 0.25) is 0 Å². The van der Waals surface area contributed by atoms with E-state index in [4.69, 9.17) is 18.9 Å². The number of carboxylic acid groups (broad SMARTS) is 1. The van der Waals surface area contributed by atoms with E-state index in [0.29, 0.717) is 17.4 Å². The summed E-state index contributed by atoms with van der Waals surface area (Å²) >= 11 is 0. The smallest absolute Gasteiger partial charge is 0.361 e. The van der Waals surface area contributed by atoms with Gasteiger partial charge in [0.05, 0.1) is 34.4 Å². The number of carbonyl (C=O) groups is 3. The maximum Gasteiger partial charge on any atom is 0.361 e. The first-order valence-electron chi connectivity index (χ1n) is 26.7. The molecule has 0 spiro atoms. The van der Waals surface area contributed by atoms with Crippen LogP contribution in [-0.2, 0) is 33.3 Å². The van der Waals surface area contributed by atoms with Crippen molar-refractivity contribution in [1.29, 1.82) is 0 Å². The van der Waals surface area contributed by atoms with E-state index in [-0.39, 0.29) is 32.2 Å². The molecule has 0 aromatic rings. The molecular formula is C55H102NO8+. The zero-order valence-corrected chi connectivity index (χ0v) is 42.4. The number of ether oxygens (including phenoxy) is 4. The number of quaternary nitrogens is 1. The summed E-state index contributed by atoms with van der Waals surface area (Å²) in [5.74, 6) is -2.00. The second kappa shape index (κ2) is 47.0. The fraction of sp³-hybridized carbons (Fsp3) is 0.836. The average Bonchev–Trinajstić information content (AvgIpc) is 3.26. The third-order valence-corrected chi connectivity index (χ3v) is 11.6. The number of nitrogens with zero attached hydrogens (tertiary/aromatic N) is 1. The molecule has 0 aliphatic heterocycles. The molecule has 0 bridgehead atoms. The van der Waals surface area contributed by atoms with Gasteiger partial charge in [0, 0.05) is 12.8 Å². The lowest BCUT2D eigenvalue weighted by Gasteiger charge is -2.25. The van der Waals surface area contributed by atoms with Crippen LogP contribution in [-0.4, -0.2) is 87.4 Å². The number of likely N-dealkylation sites (N-methyl/N-ethyl adjacent to an activating group) is 1. The number of carbonyl (C=O) groups excluding carboxylic acids is 2. The minimum absolute atomic E-state index is 0.179. The van der Waals surface area contributed by atoms with Gasteiger partial charge in [-0.25, -0.2) is 4.79 Å². The Kier molecular flexibility index (Phi) is 45.2. The monoisotopic (exact) mass is 905 g/mol. The van der Waals surface area contributed by atoms with Crippen LogP contribution in [0.4, 0.5) is 0 Å². The molecule has 0 rings (SSSR count).